The van der Waals surface area contributed by atoms with E-state index in [0.29, 0.717) is 30.1 Å². The van der Waals surface area contributed by atoms with E-state index in [4.69, 9.17) is 4.98 Å². The highest BCUT2D eigenvalue weighted by atomic mass is 16.2. The highest BCUT2D eigenvalue weighted by molar-refractivity contribution is 5.80. The molecular weight excluding hydrogens is 370 g/mol. The van der Waals surface area contributed by atoms with Crippen molar-refractivity contribution in [3.05, 3.63) is 41.6 Å². The third-order valence-electron chi connectivity index (χ3n) is 9.09. The maximum atomic E-state index is 12.5. The first-order valence-corrected chi connectivity index (χ1v) is 11.9. The van der Waals surface area contributed by atoms with Gasteiger partial charge in [-0.2, -0.15) is 0 Å². The molecule has 3 aliphatic carbocycles. The third-order valence-corrected chi connectivity index (χ3v) is 9.09. The number of allylic oxidation sites excluding steroid dienone is 4. The molecule has 1 saturated heterocycles. The maximum Gasteiger partial charge on any atom is 0.226 e. The second-order valence-corrected chi connectivity index (χ2v) is 10.3. The fourth-order valence-electron chi connectivity index (χ4n) is 7.46. The van der Waals surface area contributed by atoms with Crippen LogP contribution in [0, 0.1) is 28.6 Å². The molecule has 1 aromatic heterocycles. The first kappa shape index (κ1) is 20.0. The van der Waals surface area contributed by atoms with Crippen LogP contribution in [-0.4, -0.2) is 27.3 Å². The van der Waals surface area contributed by atoms with Gasteiger partial charge in [-0.3, -0.25) is 9.78 Å². The van der Waals surface area contributed by atoms with Crippen molar-refractivity contribution in [2.24, 2.45) is 28.6 Å². The summed E-state index contributed by atoms with van der Waals surface area (Å²) in [6, 6.07) is 0. The quantitative estimate of drug-likeness (QED) is 0.675. The van der Waals surface area contributed by atoms with Crippen LogP contribution in [0.3, 0.4) is 0 Å². The molecule has 4 nitrogen and oxygen atoms in total. The van der Waals surface area contributed by atoms with Gasteiger partial charge in [-0.05, 0) is 74.2 Å². The first-order valence-electron chi connectivity index (χ1n) is 11.9. The average molecular weight is 406 g/mol. The topological polar surface area (TPSA) is 46.1 Å². The average Bonchev–Trinajstić information content (AvgIpc) is 3.11. The van der Waals surface area contributed by atoms with Crippen LogP contribution in [0.4, 0.5) is 0 Å². The molecule has 5 atom stereocenters. The fourth-order valence-corrected chi connectivity index (χ4v) is 7.46. The third kappa shape index (κ3) is 2.68. The van der Waals surface area contributed by atoms with E-state index >= 15 is 0 Å². The molecule has 2 unspecified atom stereocenters. The minimum Gasteiger partial charge on any atom is -0.316 e. The molecular formula is C26H35N3O. The second kappa shape index (κ2) is 7.03. The van der Waals surface area contributed by atoms with Crippen molar-refractivity contribution in [2.45, 2.75) is 72.6 Å². The molecule has 0 radical (unpaired) electrons. The zero-order chi connectivity index (χ0) is 21.1. The molecule has 0 aromatic carbocycles. The summed E-state index contributed by atoms with van der Waals surface area (Å²) in [6.45, 7) is 10.0. The van der Waals surface area contributed by atoms with Crippen molar-refractivity contribution in [1.82, 2.24) is 14.9 Å². The van der Waals surface area contributed by atoms with Gasteiger partial charge in [-0.1, -0.05) is 32.9 Å². The summed E-state index contributed by atoms with van der Waals surface area (Å²) >= 11 is 0. The molecule has 160 valence electrons. The SMILES string of the molecule is CCc1cncc(C2=CC[C@@H]3[C@@H]4CC=C5N(CC)C(=O)CCC5(C)[C@H]4CCC23C)n1. The van der Waals surface area contributed by atoms with E-state index < -0.39 is 0 Å². The van der Waals surface area contributed by atoms with Gasteiger partial charge >= 0.3 is 0 Å². The number of aryl methyl sites for hydroxylation is 1. The number of piperidine rings is 1. The number of carbonyl (C=O) groups is 1. The van der Waals surface area contributed by atoms with E-state index in [9.17, 15) is 4.79 Å². The summed E-state index contributed by atoms with van der Waals surface area (Å²) in [7, 11) is 0. The Labute approximate surface area is 180 Å². The van der Waals surface area contributed by atoms with E-state index in [1.54, 1.807) is 0 Å². The van der Waals surface area contributed by atoms with Gasteiger partial charge in [-0.15, -0.1) is 0 Å². The Bertz CT molecular complexity index is 934. The molecule has 1 saturated carbocycles. The van der Waals surface area contributed by atoms with Gasteiger partial charge in [0.2, 0.25) is 5.91 Å². The molecule has 2 fully saturated rings. The van der Waals surface area contributed by atoms with Gasteiger partial charge in [0.25, 0.3) is 0 Å². The van der Waals surface area contributed by atoms with Gasteiger partial charge in [0, 0.05) is 30.3 Å². The standard InChI is InChI=1S/C26H35N3O/c1-5-17-15-27-16-22(28-17)21-9-8-19-18-7-10-23-26(4,14-12-24(30)29(23)6-2)20(18)11-13-25(19,21)3/h9-10,15-16,18-20H,5-8,11-14H2,1-4H3/t18-,19+,20-,25?,26?/m0/s1. The Morgan fingerprint density at radius 3 is 2.67 bits per heavy atom. The Kier molecular flexibility index (Phi) is 4.68. The lowest BCUT2D eigenvalue weighted by atomic mass is 9.49. The van der Waals surface area contributed by atoms with Crippen molar-refractivity contribution in [3.63, 3.8) is 0 Å². The normalized spacial score (nSPS) is 37.8. The van der Waals surface area contributed by atoms with E-state index in [2.05, 4.69) is 49.7 Å². The van der Waals surface area contributed by atoms with Crippen LogP contribution in [0.1, 0.15) is 77.6 Å². The maximum absolute atomic E-state index is 12.5. The van der Waals surface area contributed by atoms with Crippen molar-refractivity contribution in [2.75, 3.05) is 6.54 Å². The van der Waals surface area contributed by atoms with E-state index in [1.807, 2.05) is 12.4 Å². The highest BCUT2D eigenvalue weighted by Gasteiger charge is 2.58. The first-order chi connectivity index (χ1) is 14.4. The predicted octanol–water partition coefficient (Wildman–Crippen LogP) is 5.41. The van der Waals surface area contributed by atoms with Gasteiger partial charge in [0.15, 0.2) is 0 Å². The summed E-state index contributed by atoms with van der Waals surface area (Å²) in [5, 5.41) is 0. The molecule has 0 spiro atoms. The summed E-state index contributed by atoms with van der Waals surface area (Å²) < 4.78 is 0. The number of carbonyl (C=O) groups excluding carboxylic acids is 1. The Balaban J connectivity index is 1.48. The predicted molar refractivity (Wildman–Crippen MR) is 119 cm³/mol. The summed E-state index contributed by atoms with van der Waals surface area (Å²) in [5.41, 5.74) is 5.29. The van der Waals surface area contributed by atoms with Crippen molar-refractivity contribution < 1.29 is 4.79 Å². The van der Waals surface area contributed by atoms with Gasteiger partial charge < -0.3 is 4.90 Å². The Hall–Kier alpha value is -1.97. The molecule has 0 N–H and O–H groups in total. The van der Waals surface area contributed by atoms with Gasteiger partial charge in [0.1, 0.15) is 0 Å². The molecule has 2 heterocycles. The van der Waals surface area contributed by atoms with Crippen LogP contribution < -0.4 is 0 Å². The number of hydrogen-bond acceptors (Lipinski definition) is 3. The second-order valence-electron chi connectivity index (χ2n) is 10.3. The smallest absolute Gasteiger partial charge is 0.226 e. The summed E-state index contributed by atoms with van der Waals surface area (Å²) in [4.78, 5) is 24.0. The fraction of sp³-hybridized carbons (Fsp3) is 0.654. The number of amides is 1. The van der Waals surface area contributed by atoms with Gasteiger partial charge in [0.05, 0.1) is 17.6 Å². The van der Waals surface area contributed by atoms with Crippen LogP contribution in [-0.2, 0) is 11.2 Å². The zero-order valence-electron chi connectivity index (χ0n) is 18.9. The number of nitrogens with zero attached hydrogens (tertiary/aromatic N) is 3. The van der Waals surface area contributed by atoms with Crippen LogP contribution in [0.15, 0.2) is 30.2 Å². The highest BCUT2D eigenvalue weighted by Crippen LogP contribution is 2.65. The molecule has 1 aliphatic heterocycles. The molecule has 5 rings (SSSR count). The summed E-state index contributed by atoms with van der Waals surface area (Å²) in [5.74, 6) is 2.36. The van der Waals surface area contributed by atoms with E-state index in [1.165, 1.54) is 24.1 Å². The van der Waals surface area contributed by atoms with Crippen molar-refractivity contribution in [1.29, 1.82) is 0 Å². The molecule has 1 aromatic rings. The molecule has 4 aliphatic rings. The van der Waals surface area contributed by atoms with Crippen molar-refractivity contribution in [3.8, 4) is 0 Å². The molecule has 1 amide bonds. The van der Waals surface area contributed by atoms with E-state index in [-0.39, 0.29) is 10.8 Å². The Morgan fingerprint density at radius 1 is 1.07 bits per heavy atom. The molecule has 0 bridgehead atoms. The Morgan fingerprint density at radius 2 is 1.90 bits per heavy atom. The lowest BCUT2D eigenvalue weighted by Crippen LogP contribution is -2.54. The number of hydrogen-bond donors (Lipinski definition) is 0. The van der Waals surface area contributed by atoms with Crippen molar-refractivity contribution >= 4 is 11.5 Å². The van der Waals surface area contributed by atoms with E-state index in [0.717, 1.165) is 43.6 Å². The summed E-state index contributed by atoms with van der Waals surface area (Å²) in [6.07, 6.45) is 16.1. The number of likely N-dealkylation sites (tertiary alicyclic amines) is 1. The number of fused-ring (bicyclic) bond motifs is 5. The van der Waals surface area contributed by atoms with Crippen LogP contribution in [0.5, 0.6) is 0 Å². The zero-order valence-corrected chi connectivity index (χ0v) is 18.9. The minimum absolute atomic E-state index is 0.152. The molecule has 4 heteroatoms. The minimum atomic E-state index is 0.152. The number of aromatic nitrogens is 2. The van der Waals surface area contributed by atoms with Crippen LogP contribution in [0.25, 0.3) is 5.57 Å². The largest absolute Gasteiger partial charge is 0.316 e. The van der Waals surface area contributed by atoms with Gasteiger partial charge in [-0.25, -0.2) is 4.98 Å². The lowest BCUT2D eigenvalue weighted by Gasteiger charge is -2.58. The van der Waals surface area contributed by atoms with Crippen LogP contribution >= 0.6 is 0 Å². The monoisotopic (exact) mass is 405 g/mol. The van der Waals surface area contributed by atoms with Crippen LogP contribution in [0.2, 0.25) is 0 Å². The number of rotatable bonds is 3. The lowest BCUT2D eigenvalue weighted by molar-refractivity contribution is -0.136. The molecule has 30 heavy (non-hydrogen) atoms.